The highest BCUT2D eigenvalue weighted by Gasteiger charge is 2.31. The molecular formula is C21H22F2N4O4S. The van der Waals surface area contributed by atoms with Gasteiger partial charge in [-0.1, -0.05) is 26.8 Å². The first-order chi connectivity index (χ1) is 14.9. The molecule has 0 spiro atoms. The third-order valence-corrected chi connectivity index (χ3v) is 6.57. The molecule has 170 valence electrons. The Bertz CT molecular complexity index is 1240. The summed E-state index contributed by atoms with van der Waals surface area (Å²) in [5.74, 6) is -2.43. The van der Waals surface area contributed by atoms with E-state index in [2.05, 4.69) is 15.4 Å². The van der Waals surface area contributed by atoms with E-state index in [-0.39, 0.29) is 17.0 Å². The van der Waals surface area contributed by atoms with Crippen molar-refractivity contribution in [1.29, 1.82) is 0 Å². The van der Waals surface area contributed by atoms with Crippen LogP contribution in [0.3, 0.4) is 0 Å². The number of halogens is 2. The van der Waals surface area contributed by atoms with Crippen molar-refractivity contribution in [2.75, 3.05) is 0 Å². The minimum Gasteiger partial charge on any atom is -0.465 e. The fraction of sp³-hybridized carbons (Fsp3) is 0.286. The van der Waals surface area contributed by atoms with Gasteiger partial charge in [-0.05, 0) is 35.7 Å². The van der Waals surface area contributed by atoms with Gasteiger partial charge in [-0.15, -0.1) is 0 Å². The van der Waals surface area contributed by atoms with Crippen LogP contribution < -0.4 is 5.32 Å². The van der Waals surface area contributed by atoms with Crippen LogP contribution in [0.15, 0.2) is 58.7 Å². The summed E-state index contributed by atoms with van der Waals surface area (Å²) in [6.07, 6.45) is 1.32. The molecule has 1 amide bonds. The number of hydrogen-bond acceptors (Lipinski definition) is 5. The van der Waals surface area contributed by atoms with Crippen LogP contribution in [0.4, 0.5) is 13.6 Å². The van der Waals surface area contributed by atoms with Crippen LogP contribution >= 0.6 is 0 Å². The molecule has 3 aromatic rings. The number of nitrogens with zero attached hydrogens (tertiary/aromatic N) is 3. The number of carboxylic acid groups (broad SMARTS) is 1. The van der Waals surface area contributed by atoms with Crippen molar-refractivity contribution in [3.8, 4) is 5.69 Å². The van der Waals surface area contributed by atoms with Crippen molar-refractivity contribution in [3.63, 3.8) is 0 Å². The van der Waals surface area contributed by atoms with Gasteiger partial charge in [0.2, 0.25) is 9.84 Å². The molecule has 0 aliphatic carbocycles. The fourth-order valence-corrected chi connectivity index (χ4v) is 4.45. The molecule has 0 radical (unpaired) electrons. The van der Waals surface area contributed by atoms with Crippen LogP contribution in [0.2, 0.25) is 0 Å². The minimum atomic E-state index is -4.21. The zero-order valence-electron chi connectivity index (χ0n) is 17.6. The first-order valence-electron chi connectivity index (χ1n) is 9.59. The number of hydrogen-bond donors (Lipinski definition) is 2. The van der Waals surface area contributed by atoms with Gasteiger partial charge in [0.25, 0.3) is 0 Å². The Morgan fingerprint density at radius 3 is 2.53 bits per heavy atom. The van der Waals surface area contributed by atoms with E-state index in [0.717, 1.165) is 16.9 Å². The van der Waals surface area contributed by atoms with Gasteiger partial charge in [0, 0.05) is 24.9 Å². The van der Waals surface area contributed by atoms with Gasteiger partial charge in [-0.3, -0.25) is 4.98 Å². The van der Waals surface area contributed by atoms with Crippen molar-refractivity contribution < 1.29 is 27.1 Å². The Labute approximate surface area is 183 Å². The van der Waals surface area contributed by atoms with Gasteiger partial charge in [0.05, 0.1) is 10.6 Å². The lowest BCUT2D eigenvalue weighted by Crippen LogP contribution is -2.44. The molecule has 0 bridgehead atoms. The molecule has 1 unspecified atom stereocenters. The van der Waals surface area contributed by atoms with Crippen LogP contribution in [0, 0.1) is 17.0 Å². The zero-order chi connectivity index (χ0) is 23.7. The highest BCUT2D eigenvalue weighted by atomic mass is 32.2. The molecule has 0 fully saturated rings. The van der Waals surface area contributed by atoms with E-state index in [0.29, 0.717) is 0 Å². The van der Waals surface area contributed by atoms with Gasteiger partial charge in [-0.25, -0.2) is 26.7 Å². The summed E-state index contributed by atoms with van der Waals surface area (Å²) >= 11 is 0. The second-order valence-corrected chi connectivity index (χ2v) is 10.1. The molecule has 1 atom stereocenters. The van der Waals surface area contributed by atoms with E-state index in [1.807, 2.05) is 20.8 Å². The number of rotatable bonds is 6. The Hall–Kier alpha value is -3.34. The monoisotopic (exact) mass is 464 g/mol. The van der Waals surface area contributed by atoms with E-state index < -0.39 is 49.7 Å². The van der Waals surface area contributed by atoms with Crippen LogP contribution in [-0.2, 0) is 16.3 Å². The fourth-order valence-electron chi connectivity index (χ4n) is 3.09. The van der Waals surface area contributed by atoms with Crippen LogP contribution in [0.1, 0.15) is 26.5 Å². The number of sulfone groups is 1. The third kappa shape index (κ3) is 4.77. The molecule has 0 aliphatic rings. The average Bonchev–Trinajstić information content (AvgIpc) is 3.14. The maximum absolute atomic E-state index is 14.6. The molecule has 3 rings (SSSR count). The summed E-state index contributed by atoms with van der Waals surface area (Å²) in [5.41, 5.74) is -0.740. The Morgan fingerprint density at radius 1 is 1.22 bits per heavy atom. The van der Waals surface area contributed by atoms with Crippen molar-refractivity contribution >= 4 is 15.9 Å². The predicted molar refractivity (Wildman–Crippen MR) is 111 cm³/mol. The maximum Gasteiger partial charge on any atom is 0.404 e. The first kappa shape index (κ1) is 23.3. The highest BCUT2D eigenvalue weighted by Crippen LogP contribution is 2.28. The SMILES string of the molecule is CC(C)(C)C(Cc1cc(S(=O)(=O)c2cccnc2)n(-c2cccc(F)c2F)n1)NC(=O)O. The standard InChI is InChI=1S/C21H22F2N4O4S/c1-21(2,3)17(25-20(28)29)10-13-11-18(32(30,31)14-6-5-9-24-12-14)27(26-13)16-8-4-7-15(22)19(16)23/h4-9,11-12,17,25H,10H2,1-3H3,(H,28,29). The molecular weight excluding hydrogens is 442 g/mol. The summed E-state index contributed by atoms with van der Waals surface area (Å²) in [6.45, 7) is 5.43. The summed E-state index contributed by atoms with van der Waals surface area (Å²) in [6, 6.07) is 6.71. The molecule has 2 aromatic heterocycles. The number of benzene rings is 1. The van der Waals surface area contributed by atoms with Gasteiger partial charge in [-0.2, -0.15) is 5.10 Å². The van der Waals surface area contributed by atoms with Crippen LogP contribution in [0.5, 0.6) is 0 Å². The lowest BCUT2D eigenvalue weighted by atomic mass is 9.84. The maximum atomic E-state index is 14.6. The van der Waals surface area contributed by atoms with E-state index in [4.69, 9.17) is 0 Å². The molecule has 0 aliphatic heterocycles. The smallest absolute Gasteiger partial charge is 0.404 e. The minimum absolute atomic E-state index is 0.0231. The summed E-state index contributed by atoms with van der Waals surface area (Å²) in [7, 11) is -4.21. The van der Waals surface area contributed by atoms with Gasteiger partial charge < -0.3 is 10.4 Å². The number of pyridine rings is 1. The Morgan fingerprint density at radius 2 is 1.94 bits per heavy atom. The summed E-state index contributed by atoms with van der Waals surface area (Å²) in [4.78, 5) is 14.9. The Balaban J connectivity index is 2.19. The predicted octanol–water partition coefficient (Wildman–Crippen LogP) is 3.60. The molecule has 8 nitrogen and oxygen atoms in total. The third-order valence-electron chi connectivity index (χ3n) is 4.86. The second kappa shape index (κ2) is 8.65. The van der Waals surface area contributed by atoms with Gasteiger partial charge in [0.15, 0.2) is 16.7 Å². The van der Waals surface area contributed by atoms with E-state index in [1.54, 1.807) is 0 Å². The quantitative estimate of drug-likeness (QED) is 0.576. The number of aromatic nitrogens is 3. The zero-order valence-corrected chi connectivity index (χ0v) is 18.4. The molecule has 0 saturated carbocycles. The summed E-state index contributed by atoms with van der Waals surface area (Å²) < 4.78 is 55.8. The second-order valence-electron chi connectivity index (χ2n) is 8.22. The van der Waals surface area contributed by atoms with Crippen LogP contribution in [-0.4, -0.2) is 40.4 Å². The van der Waals surface area contributed by atoms with Gasteiger partial charge in [0.1, 0.15) is 5.69 Å². The van der Waals surface area contributed by atoms with Crippen molar-refractivity contribution in [2.45, 2.75) is 43.2 Å². The first-order valence-corrected chi connectivity index (χ1v) is 11.1. The van der Waals surface area contributed by atoms with Gasteiger partial charge >= 0.3 is 6.09 Å². The lowest BCUT2D eigenvalue weighted by molar-refractivity contribution is 0.174. The number of carbonyl (C=O) groups is 1. The van der Waals surface area contributed by atoms with E-state index >= 15 is 0 Å². The van der Waals surface area contributed by atoms with Crippen LogP contribution in [0.25, 0.3) is 5.69 Å². The average molecular weight is 464 g/mol. The van der Waals surface area contributed by atoms with Crippen molar-refractivity contribution in [2.24, 2.45) is 5.41 Å². The van der Waals surface area contributed by atoms with Crippen molar-refractivity contribution in [1.82, 2.24) is 20.1 Å². The Kier molecular flexibility index (Phi) is 6.31. The molecule has 1 aromatic carbocycles. The van der Waals surface area contributed by atoms with Crippen molar-refractivity contribution in [3.05, 3.63) is 66.1 Å². The normalized spacial score (nSPS) is 13.0. The summed E-state index contributed by atoms with van der Waals surface area (Å²) in [5, 5.41) is 15.4. The number of amides is 1. The molecule has 2 N–H and O–H groups in total. The van der Waals surface area contributed by atoms with E-state index in [1.165, 1.54) is 36.5 Å². The van der Waals surface area contributed by atoms with E-state index in [9.17, 15) is 27.1 Å². The molecule has 32 heavy (non-hydrogen) atoms. The lowest BCUT2D eigenvalue weighted by Gasteiger charge is -2.29. The molecule has 0 saturated heterocycles. The molecule has 2 heterocycles. The molecule has 11 heteroatoms. The largest absolute Gasteiger partial charge is 0.465 e. The number of nitrogens with one attached hydrogen (secondary N) is 1. The highest BCUT2D eigenvalue weighted by molar-refractivity contribution is 7.91. The topological polar surface area (TPSA) is 114 Å².